The van der Waals surface area contributed by atoms with E-state index in [1.54, 1.807) is 6.20 Å². The van der Waals surface area contributed by atoms with Crippen molar-refractivity contribution < 1.29 is 23.1 Å². The topological polar surface area (TPSA) is 90.2 Å². The number of amides is 1. The first-order valence-corrected chi connectivity index (χ1v) is 13.8. The molecule has 1 saturated heterocycles. The van der Waals surface area contributed by atoms with Gasteiger partial charge in [-0.15, -0.1) is 11.3 Å². The van der Waals surface area contributed by atoms with Gasteiger partial charge in [0.1, 0.15) is 16.3 Å². The molecular weight excluding hydrogens is 515 g/mol. The van der Waals surface area contributed by atoms with Crippen molar-refractivity contribution in [2.24, 2.45) is 9.98 Å². The second-order valence-electron chi connectivity index (χ2n) is 10.0. The SMILES string of the molecule is CCC(=NC(=NC)NC1=CC=C(c2cnc(C3(O)CCC(N4CCCC4=O)CC3)s2)C=C(C)C1)C(F)(F)F. The van der Waals surface area contributed by atoms with Crippen LogP contribution < -0.4 is 5.32 Å². The Morgan fingerprint density at radius 1 is 1.32 bits per heavy atom. The molecule has 206 valence electrons. The zero-order chi connectivity index (χ0) is 27.5. The quantitative estimate of drug-likeness (QED) is 0.375. The van der Waals surface area contributed by atoms with Gasteiger partial charge in [0.2, 0.25) is 11.9 Å². The van der Waals surface area contributed by atoms with Crippen molar-refractivity contribution in [2.75, 3.05) is 13.6 Å². The molecule has 2 aliphatic carbocycles. The average Bonchev–Trinajstić information content (AvgIpc) is 3.49. The van der Waals surface area contributed by atoms with Crippen molar-refractivity contribution in [1.29, 1.82) is 0 Å². The van der Waals surface area contributed by atoms with Crippen LogP contribution in [0.15, 0.2) is 45.7 Å². The van der Waals surface area contributed by atoms with Gasteiger partial charge in [-0.3, -0.25) is 9.79 Å². The van der Waals surface area contributed by atoms with Gasteiger partial charge in [0.05, 0.1) is 4.88 Å². The van der Waals surface area contributed by atoms with E-state index in [0.717, 1.165) is 41.8 Å². The number of allylic oxidation sites excluding steroid dienone is 5. The van der Waals surface area contributed by atoms with Gasteiger partial charge < -0.3 is 15.3 Å². The van der Waals surface area contributed by atoms with Gasteiger partial charge in [-0.2, -0.15) is 13.2 Å². The Morgan fingerprint density at radius 2 is 2.05 bits per heavy atom. The van der Waals surface area contributed by atoms with E-state index in [9.17, 15) is 23.1 Å². The minimum Gasteiger partial charge on any atom is -0.383 e. The fourth-order valence-corrected chi connectivity index (χ4v) is 6.24. The number of alkyl halides is 3. The van der Waals surface area contributed by atoms with Crippen LogP contribution >= 0.6 is 11.3 Å². The van der Waals surface area contributed by atoms with E-state index < -0.39 is 17.5 Å². The van der Waals surface area contributed by atoms with Crippen molar-refractivity contribution in [3.63, 3.8) is 0 Å². The predicted octanol–water partition coefficient (Wildman–Crippen LogP) is 5.50. The Kier molecular flexibility index (Phi) is 8.56. The minimum absolute atomic E-state index is 0.0939. The lowest BCUT2D eigenvalue weighted by Gasteiger charge is -2.38. The molecule has 38 heavy (non-hydrogen) atoms. The number of aliphatic imine (C=N–C) groups is 2. The van der Waals surface area contributed by atoms with Gasteiger partial charge >= 0.3 is 6.18 Å². The number of nitrogens with one attached hydrogen (secondary N) is 1. The molecule has 0 bridgehead atoms. The second kappa shape index (κ2) is 11.5. The van der Waals surface area contributed by atoms with Gasteiger partial charge in [-0.25, -0.2) is 9.98 Å². The molecule has 1 aliphatic heterocycles. The highest BCUT2D eigenvalue weighted by molar-refractivity contribution is 7.12. The van der Waals surface area contributed by atoms with Crippen molar-refractivity contribution >= 4 is 34.5 Å². The molecule has 0 spiro atoms. The van der Waals surface area contributed by atoms with Crippen molar-refractivity contribution in [3.8, 4) is 0 Å². The normalized spacial score (nSPS) is 25.7. The first kappa shape index (κ1) is 28.2. The van der Waals surface area contributed by atoms with Crippen LogP contribution in [0.1, 0.15) is 75.1 Å². The molecule has 0 aromatic carbocycles. The molecule has 1 amide bonds. The number of aromatic nitrogens is 1. The van der Waals surface area contributed by atoms with Crippen LogP contribution in [0, 0.1) is 0 Å². The molecule has 2 fully saturated rings. The van der Waals surface area contributed by atoms with Crippen LogP contribution in [0.25, 0.3) is 5.57 Å². The van der Waals surface area contributed by atoms with E-state index in [4.69, 9.17) is 0 Å². The summed E-state index contributed by atoms with van der Waals surface area (Å²) in [6, 6.07) is 0.196. The number of thiazole rings is 1. The predicted molar refractivity (Wildman–Crippen MR) is 144 cm³/mol. The Hall–Kier alpha value is -2.79. The number of guanidine groups is 1. The zero-order valence-electron chi connectivity index (χ0n) is 21.9. The second-order valence-corrected chi connectivity index (χ2v) is 11.1. The van der Waals surface area contributed by atoms with Crippen LogP contribution in [0.2, 0.25) is 0 Å². The van der Waals surface area contributed by atoms with E-state index >= 15 is 0 Å². The van der Waals surface area contributed by atoms with E-state index in [0.29, 0.717) is 36.4 Å². The standard InChI is InChI=1S/C27H34F3N5O2S/c1-4-22(27(28,29)30)34-25(31-3)33-19-8-7-18(14-17(2)15-19)21-16-32-24(38-21)26(37)11-9-20(10-12-26)35-13-5-6-23(35)36/h7-8,14,16,20,37H,4-6,9-13,15H2,1-3H3,(H,31,33). The first-order valence-electron chi connectivity index (χ1n) is 13.0. The molecule has 1 saturated carbocycles. The number of halogens is 3. The van der Waals surface area contributed by atoms with E-state index in [2.05, 4.69) is 20.3 Å². The van der Waals surface area contributed by atoms with Crippen molar-refractivity contribution in [1.82, 2.24) is 15.2 Å². The van der Waals surface area contributed by atoms with Gasteiger partial charge in [-0.05, 0) is 57.1 Å². The highest BCUT2D eigenvalue weighted by Crippen LogP contribution is 2.42. The van der Waals surface area contributed by atoms with Gasteiger partial charge in [0, 0.05) is 44.4 Å². The number of hydrogen-bond acceptors (Lipinski definition) is 5. The molecule has 3 aliphatic rings. The van der Waals surface area contributed by atoms with E-state index in [1.165, 1.54) is 25.3 Å². The lowest BCUT2D eigenvalue weighted by molar-refractivity contribution is -0.131. The molecule has 0 atom stereocenters. The Balaban J connectivity index is 1.47. The molecule has 4 rings (SSSR count). The molecule has 7 nitrogen and oxygen atoms in total. The Labute approximate surface area is 225 Å². The molecule has 2 N–H and O–H groups in total. The largest absolute Gasteiger partial charge is 0.429 e. The summed E-state index contributed by atoms with van der Waals surface area (Å²) in [4.78, 5) is 27.1. The molecule has 2 heterocycles. The third-order valence-corrected chi connectivity index (χ3v) is 8.48. The minimum atomic E-state index is -4.51. The number of carbonyl (C=O) groups excluding carboxylic acids is 1. The Bertz CT molecular complexity index is 1200. The van der Waals surface area contributed by atoms with Crippen LogP contribution in [0.4, 0.5) is 13.2 Å². The molecule has 1 aromatic heterocycles. The number of likely N-dealkylation sites (tertiary alicyclic amines) is 1. The van der Waals surface area contributed by atoms with Gasteiger partial charge in [0.15, 0.2) is 0 Å². The monoisotopic (exact) mass is 549 g/mol. The highest BCUT2D eigenvalue weighted by atomic mass is 32.1. The lowest BCUT2D eigenvalue weighted by atomic mass is 9.82. The maximum atomic E-state index is 13.1. The summed E-state index contributed by atoms with van der Waals surface area (Å²) in [6.45, 7) is 4.17. The van der Waals surface area contributed by atoms with Gasteiger partial charge in [-0.1, -0.05) is 24.6 Å². The van der Waals surface area contributed by atoms with E-state index in [-0.39, 0.29) is 24.3 Å². The summed E-state index contributed by atoms with van der Waals surface area (Å²) in [7, 11) is 1.40. The summed E-state index contributed by atoms with van der Waals surface area (Å²) in [5, 5.41) is 15.0. The number of nitrogens with zero attached hydrogens (tertiary/aromatic N) is 4. The maximum Gasteiger partial charge on any atom is 0.429 e. The van der Waals surface area contributed by atoms with Gasteiger partial charge in [0.25, 0.3) is 0 Å². The van der Waals surface area contributed by atoms with Crippen LogP contribution in [-0.4, -0.2) is 58.4 Å². The zero-order valence-corrected chi connectivity index (χ0v) is 22.8. The van der Waals surface area contributed by atoms with Crippen LogP contribution in [0.5, 0.6) is 0 Å². The van der Waals surface area contributed by atoms with Crippen molar-refractivity contribution in [3.05, 3.63) is 45.6 Å². The van der Waals surface area contributed by atoms with E-state index in [1.807, 2.05) is 30.1 Å². The summed E-state index contributed by atoms with van der Waals surface area (Å²) < 4.78 is 39.4. The summed E-state index contributed by atoms with van der Waals surface area (Å²) in [6.07, 6.45) is 7.39. The summed E-state index contributed by atoms with van der Waals surface area (Å²) >= 11 is 1.45. The summed E-state index contributed by atoms with van der Waals surface area (Å²) in [5.74, 6) is 0.125. The number of aliphatic hydroxyl groups is 1. The molecule has 0 radical (unpaired) electrons. The highest BCUT2D eigenvalue weighted by Gasteiger charge is 2.40. The number of hydrogen-bond donors (Lipinski definition) is 2. The number of carbonyl (C=O) groups is 1. The molecular formula is C27H34F3N5O2S. The fourth-order valence-electron chi connectivity index (χ4n) is 5.19. The first-order chi connectivity index (χ1) is 18.0. The molecule has 0 unspecified atom stereocenters. The maximum absolute atomic E-state index is 13.1. The number of rotatable bonds is 5. The van der Waals surface area contributed by atoms with Crippen molar-refractivity contribution in [2.45, 2.75) is 83.0 Å². The Morgan fingerprint density at radius 3 is 2.66 bits per heavy atom. The smallest absolute Gasteiger partial charge is 0.383 e. The van der Waals surface area contributed by atoms with Crippen LogP contribution in [0.3, 0.4) is 0 Å². The lowest BCUT2D eigenvalue weighted by Crippen LogP contribution is -2.43. The summed E-state index contributed by atoms with van der Waals surface area (Å²) in [5.41, 5.74) is 0.691. The third-order valence-electron chi connectivity index (χ3n) is 7.24. The van der Waals surface area contributed by atoms with Crippen LogP contribution in [-0.2, 0) is 10.4 Å². The third kappa shape index (κ3) is 6.43. The average molecular weight is 550 g/mol. The fraction of sp³-hybridized carbons (Fsp3) is 0.556. The molecule has 1 aromatic rings. The molecule has 11 heteroatoms.